The van der Waals surface area contributed by atoms with Crippen LogP contribution in [0.3, 0.4) is 0 Å². The first-order chi connectivity index (χ1) is 2.41. The molecule has 0 amide bonds. The Morgan fingerprint density at radius 1 is 1.83 bits per heavy atom. The van der Waals surface area contributed by atoms with E-state index in [1.165, 1.54) is 0 Å². The van der Waals surface area contributed by atoms with Crippen molar-refractivity contribution in [1.82, 2.24) is 0 Å². The van der Waals surface area contributed by atoms with Crippen molar-refractivity contribution in [3.8, 4) is 0 Å². The Balaban J connectivity index is 0. The minimum absolute atomic E-state index is 0. The van der Waals surface area contributed by atoms with Crippen molar-refractivity contribution in [2.75, 3.05) is 6.61 Å². The molecular weight excluding hydrogens is 108 g/mol. The quantitative estimate of drug-likeness (QED) is 0.303. The highest BCUT2D eigenvalue weighted by Crippen LogP contribution is 1.59. The molecule has 6 heavy (non-hydrogen) atoms. The van der Waals surface area contributed by atoms with Crippen LogP contribution in [-0.2, 0) is 4.43 Å². The number of hydrogen-bond acceptors (Lipinski definition) is 1. The van der Waals surface area contributed by atoms with Crippen LogP contribution in [0.2, 0.25) is 0 Å². The molecule has 0 heterocycles. The van der Waals surface area contributed by atoms with Gasteiger partial charge in [-0.2, -0.15) is 0 Å². The normalized spacial score (nSPS) is 6.67. The molecule has 0 spiro atoms. The van der Waals surface area contributed by atoms with Crippen LogP contribution in [0, 0.1) is 0 Å². The Morgan fingerprint density at radius 2 is 2.33 bits per heavy atom. The van der Waals surface area contributed by atoms with Gasteiger partial charge < -0.3 is 4.43 Å². The average molecular weight is 120 g/mol. The van der Waals surface area contributed by atoms with Gasteiger partial charge in [0.25, 0.3) is 0 Å². The lowest BCUT2D eigenvalue weighted by Gasteiger charge is -1.80. The summed E-state index contributed by atoms with van der Waals surface area (Å²) < 4.78 is 4.71. The Bertz CT molecular complexity index is 30.0. The van der Waals surface area contributed by atoms with Crippen molar-refractivity contribution < 1.29 is 4.43 Å². The van der Waals surface area contributed by atoms with E-state index in [1.807, 2.05) is 0 Å². The van der Waals surface area contributed by atoms with E-state index in [-0.39, 0.29) is 11.0 Å². The first kappa shape index (κ1) is 9.46. The SMILES string of the molecule is C=CCO[SiH3].[SiH4]. The minimum Gasteiger partial charge on any atom is -0.424 e. The predicted octanol–water partition coefficient (Wildman–Crippen LogP) is -1.98. The lowest BCUT2D eigenvalue weighted by atomic mass is 10.7. The second-order valence-electron chi connectivity index (χ2n) is 0.744. The summed E-state index contributed by atoms with van der Waals surface area (Å²) in [6.07, 6.45) is 1.74. The van der Waals surface area contributed by atoms with Crippen molar-refractivity contribution >= 4 is 21.5 Å². The molecule has 0 aromatic carbocycles. The summed E-state index contributed by atoms with van der Waals surface area (Å²) in [5.74, 6) is 0. The van der Waals surface area contributed by atoms with E-state index in [9.17, 15) is 0 Å². The van der Waals surface area contributed by atoms with E-state index < -0.39 is 0 Å². The Hall–Kier alpha value is 0.134. The lowest BCUT2D eigenvalue weighted by molar-refractivity contribution is 0.402. The van der Waals surface area contributed by atoms with Gasteiger partial charge in [-0.05, 0) is 11.0 Å². The van der Waals surface area contributed by atoms with E-state index >= 15 is 0 Å². The summed E-state index contributed by atoms with van der Waals surface area (Å²) in [7, 11) is 0.827. The monoisotopic (exact) mass is 120 g/mol. The molecule has 38 valence electrons. The van der Waals surface area contributed by atoms with E-state index in [2.05, 4.69) is 6.58 Å². The molecule has 0 aliphatic rings. The molecule has 0 radical (unpaired) electrons. The molecule has 3 heteroatoms. The zero-order valence-corrected chi connectivity index (χ0v) is 5.40. The molecule has 0 aromatic rings. The fraction of sp³-hybridized carbons (Fsp3) is 0.333. The molecule has 0 aliphatic heterocycles. The maximum atomic E-state index is 4.71. The molecule has 0 atom stereocenters. The van der Waals surface area contributed by atoms with E-state index in [4.69, 9.17) is 4.43 Å². The van der Waals surface area contributed by atoms with Gasteiger partial charge in [0.15, 0.2) is 0 Å². The third-order valence-corrected chi connectivity index (χ3v) is 0.618. The average Bonchev–Trinajstić information content (AvgIpc) is 1.41. The smallest absolute Gasteiger partial charge is 0.146 e. The molecule has 0 fully saturated rings. The van der Waals surface area contributed by atoms with Crippen LogP contribution in [0.5, 0.6) is 0 Å². The maximum absolute atomic E-state index is 4.71. The highest BCUT2D eigenvalue weighted by atomic mass is 28.2. The van der Waals surface area contributed by atoms with E-state index in [0.717, 1.165) is 10.5 Å². The molecular formula is C3H12OSi2. The van der Waals surface area contributed by atoms with Crippen molar-refractivity contribution in [1.29, 1.82) is 0 Å². The Labute approximate surface area is 46.0 Å². The minimum atomic E-state index is 0. The summed E-state index contributed by atoms with van der Waals surface area (Å²) >= 11 is 0. The molecule has 0 aromatic heterocycles. The zero-order chi connectivity index (χ0) is 4.12. The van der Waals surface area contributed by atoms with Crippen LogP contribution >= 0.6 is 0 Å². The third-order valence-electron chi connectivity index (χ3n) is 0.285. The lowest BCUT2D eigenvalue weighted by Crippen LogP contribution is -1.79. The second-order valence-corrected chi connectivity index (χ2v) is 1.32. The highest BCUT2D eigenvalue weighted by Gasteiger charge is 1.57. The van der Waals surface area contributed by atoms with Crippen LogP contribution in [0.4, 0.5) is 0 Å². The molecule has 0 aliphatic carbocycles. The molecule has 0 bridgehead atoms. The van der Waals surface area contributed by atoms with Crippen LogP contribution < -0.4 is 0 Å². The molecule has 0 N–H and O–H groups in total. The first-order valence-corrected chi connectivity index (χ1v) is 2.33. The summed E-state index contributed by atoms with van der Waals surface area (Å²) in [5, 5.41) is 0. The number of hydrogen-bond donors (Lipinski definition) is 0. The fourth-order valence-electron chi connectivity index (χ4n) is 0.118. The third kappa shape index (κ3) is 8.92. The van der Waals surface area contributed by atoms with Gasteiger partial charge >= 0.3 is 0 Å². The van der Waals surface area contributed by atoms with Crippen molar-refractivity contribution in [3.63, 3.8) is 0 Å². The number of rotatable bonds is 2. The van der Waals surface area contributed by atoms with Gasteiger partial charge in [0, 0.05) is 0 Å². The highest BCUT2D eigenvalue weighted by molar-refractivity contribution is 5.98. The van der Waals surface area contributed by atoms with Gasteiger partial charge in [0.1, 0.15) is 10.5 Å². The van der Waals surface area contributed by atoms with Gasteiger partial charge in [-0.1, -0.05) is 6.08 Å². The van der Waals surface area contributed by atoms with Crippen LogP contribution in [0.15, 0.2) is 12.7 Å². The Morgan fingerprint density at radius 3 is 2.33 bits per heavy atom. The molecule has 1 nitrogen and oxygen atoms in total. The van der Waals surface area contributed by atoms with Gasteiger partial charge in [-0.3, -0.25) is 0 Å². The second kappa shape index (κ2) is 8.93. The predicted molar refractivity (Wildman–Crippen MR) is 37.4 cm³/mol. The molecule has 0 rings (SSSR count). The standard InChI is InChI=1S/C3H8OSi.H4Si/c1-2-3-4-5;/h2H,1,3H2,5H3;1H4. The van der Waals surface area contributed by atoms with Gasteiger partial charge in [0.2, 0.25) is 0 Å². The van der Waals surface area contributed by atoms with Crippen molar-refractivity contribution in [3.05, 3.63) is 12.7 Å². The van der Waals surface area contributed by atoms with Crippen LogP contribution in [-0.4, -0.2) is 28.1 Å². The maximum Gasteiger partial charge on any atom is 0.146 e. The van der Waals surface area contributed by atoms with E-state index in [0.29, 0.717) is 6.61 Å². The molecule has 0 unspecified atom stereocenters. The van der Waals surface area contributed by atoms with Crippen LogP contribution in [0.25, 0.3) is 0 Å². The van der Waals surface area contributed by atoms with Crippen molar-refractivity contribution in [2.45, 2.75) is 0 Å². The largest absolute Gasteiger partial charge is 0.424 e. The summed E-state index contributed by atoms with van der Waals surface area (Å²) in [4.78, 5) is 0. The summed E-state index contributed by atoms with van der Waals surface area (Å²) in [5.41, 5.74) is 0. The topological polar surface area (TPSA) is 9.23 Å². The molecule has 0 saturated carbocycles. The van der Waals surface area contributed by atoms with E-state index in [1.54, 1.807) is 6.08 Å². The summed E-state index contributed by atoms with van der Waals surface area (Å²) in [6, 6.07) is 0. The summed E-state index contributed by atoms with van der Waals surface area (Å²) in [6.45, 7) is 4.16. The van der Waals surface area contributed by atoms with Crippen molar-refractivity contribution in [2.24, 2.45) is 0 Å². The van der Waals surface area contributed by atoms with Gasteiger partial charge in [0.05, 0.1) is 6.61 Å². The van der Waals surface area contributed by atoms with Crippen LogP contribution in [0.1, 0.15) is 0 Å². The fourth-order valence-corrected chi connectivity index (χ4v) is 0.354. The molecule has 0 saturated heterocycles. The zero-order valence-electron chi connectivity index (χ0n) is 3.40. The van der Waals surface area contributed by atoms with Gasteiger partial charge in [-0.15, -0.1) is 6.58 Å². The van der Waals surface area contributed by atoms with Gasteiger partial charge in [-0.25, -0.2) is 0 Å². The first-order valence-electron chi connectivity index (χ1n) is 1.51. The Kier molecular flexibility index (Phi) is 14.1.